The lowest BCUT2D eigenvalue weighted by atomic mass is 10.0. The summed E-state index contributed by atoms with van der Waals surface area (Å²) in [5.41, 5.74) is 0. The normalized spacial score (nSPS) is 12.8. The monoisotopic (exact) mass is 956 g/mol. The minimum atomic E-state index is -0.851. The lowest BCUT2D eigenvalue weighted by Gasteiger charge is -2.20. The number of allylic oxidation sites excluding steroid dienone is 5. The number of rotatable bonds is 56. The van der Waals surface area contributed by atoms with E-state index in [0.29, 0.717) is 19.4 Å². The van der Waals surface area contributed by atoms with Crippen LogP contribution in [0.15, 0.2) is 36.5 Å². The molecule has 0 aliphatic rings. The van der Waals surface area contributed by atoms with Crippen LogP contribution in [0.2, 0.25) is 0 Å². The first kappa shape index (κ1) is 66.1. The van der Waals surface area contributed by atoms with E-state index in [-0.39, 0.29) is 18.5 Å². The van der Waals surface area contributed by atoms with E-state index in [2.05, 4.69) is 43.5 Å². The summed E-state index contributed by atoms with van der Waals surface area (Å²) in [4.78, 5) is 24.5. The van der Waals surface area contributed by atoms with Crippen LogP contribution in [0.25, 0.3) is 0 Å². The number of carbonyl (C=O) groups excluding carboxylic acids is 2. The first-order valence-electron chi connectivity index (χ1n) is 30.3. The van der Waals surface area contributed by atoms with Gasteiger partial charge in [0, 0.05) is 12.8 Å². The fraction of sp³-hybridized carbons (Fsp3) is 0.871. The fourth-order valence-corrected chi connectivity index (χ4v) is 9.27. The van der Waals surface area contributed by atoms with E-state index in [4.69, 9.17) is 4.74 Å². The molecule has 0 fully saturated rings. The van der Waals surface area contributed by atoms with Gasteiger partial charge in [-0.15, -0.1) is 0 Å². The molecule has 68 heavy (non-hydrogen) atoms. The van der Waals surface area contributed by atoms with Crippen LogP contribution in [0.5, 0.6) is 0 Å². The van der Waals surface area contributed by atoms with Gasteiger partial charge in [-0.05, 0) is 64.2 Å². The van der Waals surface area contributed by atoms with Crippen molar-refractivity contribution in [1.82, 2.24) is 5.32 Å². The first-order valence-corrected chi connectivity index (χ1v) is 30.3. The van der Waals surface area contributed by atoms with Crippen molar-refractivity contribution in [1.29, 1.82) is 0 Å². The molecule has 0 spiro atoms. The quantitative estimate of drug-likeness (QED) is 0.0244. The highest BCUT2D eigenvalue weighted by Gasteiger charge is 2.18. The molecule has 0 heterocycles. The maximum atomic E-state index is 12.5. The molecule has 0 aromatic rings. The molecule has 0 bridgehead atoms. The molecule has 2 unspecified atom stereocenters. The van der Waals surface area contributed by atoms with Crippen molar-refractivity contribution >= 4 is 11.9 Å². The Morgan fingerprint density at radius 2 is 0.721 bits per heavy atom. The summed E-state index contributed by atoms with van der Waals surface area (Å²) in [5.74, 6) is -0.0872. The Balaban J connectivity index is 3.49. The minimum absolute atomic E-state index is 0.0107. The van der Waals surface area contributed by atoms with Crippen LogP contribution in [0.3, 0.4) is 0 Å². The number of aliphatic hydroxyl groups excluding tert-OH is 2. The van der Waals surface area contributed by atoms with Gasteiger partial charge in [0.25, 0.3) is 0 Å². The van der Waals surface area contributed by atoms with Gasteiger partial charge in [-0.3, -0.25) is 9.59 Å². The molecule has 6 heteroatoms. The zero-order valence-corrected chi connectivity index (χ0v) is 45.6. The number of hydrogen-bond acceptors (Lipinski definition) is 5. The Morgan fingerprint density at radius 3 is 1.09 bits per heavy atom. The number of carbonyl (C=O) groups is 2. The van der Waals surface area contributed by atoms with E-state index < -0.39 is 12.1 Å². The average Bonchev–Trinajstić information content (AvgIpc) is 3.34. The molecule has 2 atom stereocenters. The molecule has 0 saturated carbocycles. The van der Waals surface area contributed by atoms with Gasteiger partial charge in [0.05, 0.1) is 25.4 Å². The van der Waals surface area contributed by atoms with Crippen LogP contribution in [0, 0.1) is 0 Å². The molecule has 0 radical (unpaired) electrons. The zero-order valence-electron chi connectivity index (χ0n) is 45.6. The molecule has 400 valence electrons. The molecule has 3 N–H and O–H groups in total. The van der Waals surface area contributed by atoms with Gasteiger partial charge in [-0.1, -0.05) is 281 Å². The highest BCUT2D eigenvalue weighted by molar-refractivity contribution is 5.76. The standard InChI is InChI=1S/C62H117NO5/c1-3-5-7-9-11-13-15-17-19-26-30-34-38-42-46-50-54-60(65)59(58-64)63-61(66)55-51-47-43-39-35-31-27-24-22-21-23-25-29-33-37-41-45-49-53-57-68-62(67)56-52-48-44-40-36-32-28-20-18-16-14-12-10-8-6-4-2/h25,29,33,37,50,54,59-60,64-65H,3-24,26-28,30-32,34-36,38-49,51-53,55-58H2,1-2H3,(H,63,66)/b29-25-,37-33-,54-50+. The number of nitrogens with one attached hydrogen (secondary N) is 1. The third-order valence-electron chi connectivity index (χ3n) is 13.9. The maximum Gasteiger partial charge on any atom is 0.305 e. The van der Waals surface area contributed by atoms with E-state index >= 15 is 0 Å². The van der Waals surface area contributed by atoms with Gasteiger partial charge in [0.15, 0.2) is 0 Å². The summed E-state index contributed by atoms with van der Waals surface area (Å²) in [5, 5.41) is 23.1. The Bertz CT molecular complexity index is 1100. The lowest BCUT2D eigenvalue weighted by molar-refractivity contribution is -0.143. The molecule has 0 aromatic heterocycles. The number of hydrogen-bond donors (Lipinski definition) is 3. The lowest BCUT2D eigenvalue weighted by Crippen LogP contribution is -2.45. The molecule has 6 nitrogen and oxygen atoms in total. The molecule has 0 saturated heterocycles. The Labute approximate surface area is 424 Å². The number of ether oxygens (including phenoxy) is 1. The van der Waals surface area contributed by atoms with E-state index in [1.807, 2.05) is 6.08 Å². The summed E-state index contributed by atoms with van der Waals surface area (Å²) in [6, 6.07) is -0.636. The zero-order chi connectivity index (χ0) is 49.3. The van der Waals surface area contributed by atoms with Gasteiger partial charge in [0.2, 0.25) is 5.91 Å². The highest BCUT2D eigenvalue weighted by atomic mass is 16.5. The molecular weight excluding hydrogens is 839 g/mol. The van der Waals surface area contributed by atoms with Gasteiger partial charge < -0.3 is 20.3 Å². The first-order chi connectivity index (χ1) is 33.5. The van der Waals surface area contributed by atoms with Crippen molar-refractivity contribution < 1.29 is 24.5 Å². The van der Waals surface area contributed by atoms with Crippen LogP contribution in [0.1, 0.15) is 322 Å². The number of esters is 1. The van der Waals surface area contributed by atoms with E-state index in [1.54, 1.807) is 6.08 Å². The summed E-state index contributed by atoms with van der Waals surface area (Å²) < 4.78 is 5.46. The maximum absolute atomic E-state index is 12.5. The number of amides is 1. The van der Waals surface area contributed by atoms with Crippen LogP contribution >= 0.6 is 0 Å². The van der Waals surface area contributed by atoms with Crippen molar-refractivity contribution in [3.63, 3.8) is 0 Å². The third-order valence-corrected chi connectivity index (χ3v) is 13.9. The molecule has 0 aliphatic carbocycles. The minimum Gasteiger partial charge on any atom is -0.466 e. The van der Waals surface area contributed by atoms with Crippen molar-refractivity contribution in [2.45, 2.75) is 334 Å². The van der Waals surface area contributed by atoms with Crippen LogP contribution in [0.4, 0.5) is 0 Å². The summed E-state index contributed by atoms with van der Waals surface area (Å²) in [6.07, 6.45) is 71.7. The summed E-state index contributed by atoms with van der Waals surface area (Å²) in [7, 11) is 0. The average molecular weight is 957 g/mol. The SMILES string of the molecule is CCCCCCCCCCCCCCCC/C=C/C(O)C(CO)NC(=O)CCCCCCCCCCCC/C=C\C=C/CCCCCOC(=O)CCCCCCCCCCCCCCCCCC. The van der Waals surface area contributed by atoms with Crippen LogP contribution in [-0.4, -0.2) is 47.4 Å². The van der Waals surface area contributed by atoms with Crippen molar-refractivity contribution in [2.24, 2.45) is 0 Å². The number of unbranched alkanes of at least 4 members (excludes halogenated alkanes) is 42. The largest absolute Gasteiger partial charge is 0.466 e. The molecular formula is C62H117NO5. The van der Waals surface area contributed by atoms with Crippen LogP contribution in [-0.2, 0) is 14.3 Å². The van der Waals surface area contributed by atoms with E-state index in [9.17, 15) is 19.8 Å². The van der Waals surface area contributed by atoms with Crippen molar-refractivity contribution in [3.05, 3.63) is 36.5 Å². The highest BCUT2D eigenvalue weighted by Crippen LogP contribution is 2.17. The molecule has 1 amide bonds. The van der Waals surface area contributed by atoms with Gasteiger partial charge in [-0.25, -0.2) is 0 Å². The third kappa shape index (κ3) is 53.4. The fourth-order valence-electron chi connectivity index (χ4n) is 9.27. The Hall–Kier alpha value is -1.92. The van der Waals surface area contributed by atoms with E-state index in [0.717, 1.165) is 77.0 Å². The predicted molar refractivity (Wildman–Crippen MR) is 296 cm³/mol. The Kier molecular flexibility index (Phi) is 56.0. The van der Waals surface area contributed by atoms with Gasteiger partial charge in [0.1, 0.15) is 0 Å². The summed E-state index contributed by atoms with van der Waals surface area (Å²) in [6.45, 7) is 4.88. The second kappa shape index (κ2) is 57.7. The smallest absolute Gasteiger partial charge is 0.305 e. The Morgan fingerprint density at radius 1 is 0.412 bits per heavy atom. The predicted octanol–water partition coefficient (Wildman–Crippen LogP) is 18.8. The van der Waals surface area contributed by atoms with Gasteiger partial charge in [-0.2, -0.15) is 0 Å². The van der Waals surface area contributed by atoms with Crippen LogP contribution < -0.4 is 5.32 Å². The molecule has 0 aromatic carbocycles. The second-order valence-electron chi connectivity index (χ2n) is 20.7. The topological polar surface area (TPSA) is 95.9 Å². The molecule has 0 rings (SSSR count). The second-order valence-corrected chi connectivity index (χ2v) is 20.7. The summed E-state index contributed by atoms with van der Waals surface area (Å²) >= 11 is 0. The van der Waals surface area contributed by atoms with Crippen molar-refractivity contribution in [2.75, 3.05) is 13.2 Å². The number of aliphatic hydroxyl groups is 2. The van der Waals surface area contributed by atoms with E-state index in [1.165, 1.54) is 218 Å². The van der Waals surface area contributed by atoms with Crippen molar-refractivity contribution in [3.8, 4) is 0 Å². The molecule has 0 aliphatic heterocycles. The van der Waals surface area contributed by atoms with Gasteiger partial charge >= 0.3 is 5.97 Å².